The average molecular weight is 481 g/mol. The Kier molecular flexibility index (Phi) is 11.9. The molecule has 0 spiro atoms. The fourth-order valence-corrected chi connectivity index (χ4v) is 2.77. The summed E-state index contributed by atoms with van der Waals surface area (Å²) in [6.07, 6.45) is -3.41. The molecule has 0 aliphatic rings. The van der Waals surface area contributed by atoms with Gasteiger partial charge in [-0.3, -0.25) is 9.59 Å². The molecule has 0 fully saturated rings. The predicted molar refractivity (Wildman–Crippen MR) is 125 cm³/mol. The van der Waals surface area contributed by atoms with Gasteiger partial charge in [0.25, 0.3) is 5.91 Å². The summed E-state index contributed by atoms with van der Waals surface area (Å²) in [5.74, 6) is -1.92. The second-order valence-corrected chi connectivity index (χ2v) is 8.88. The lowest BCUT2D eigenvalue weighted by atomic mass is 9.94. The minimum absolute atomic E-state index is 0.0268. The van der Waals surface area contributed by atoms with Gasteiger partial charge in [0.2, 0.25) is 5.91 Å². The molecule has 1 aromatic rings. The molecule has 0 heterocycles. The van der Waals surface area contributed by atoms with Crippen LogP contribution in [0.1, 0.15) is 38.1 Å². The van der Waals surface area contributed by atoms with Gasteiger partial charge in [-0.05, 0) is 24.5 Å². The molecular weight excluding hydrogens is 444 g/mol. The number of carbonyl (C=O) groups is 3. The number of esters is 1. The van der Waals surface area contributed by atoms with Crippen LogP contribution >= 0.6 is 0 Å². The van der Waals surface area contributed by atoms with Crippen molar-refractivity contribution in [1.29, 1.82) is 0 Å². The van der Waals surface area contributed by atoms with Gasteiger partial charge in [0, 0.05) is 7.11 Å². The number of nitrogens with one attached hydrogen (secondary N) is 2. The van der Waals surface area contributed by atoms with E-state index in [1.54, 1.807) is 36.4 Å². The van der Waals surface area contributed by atoms with E-state index in [4.69, 9.17) is 9.47 Å². The SMILES string of the molecule is CO[C@@H](C(=O)N[C@@H](C)C(=O)NCCOC(=O)c1ccccc1)[C@H](O)[C@@H](O)[C@H](O)C=CC(C)(C)C. The molecule has 10 heteroatoms. The van der Waals surface area contributed by atoms with E-state index in [0.29, 0.717) is 5.56 Å². The van der Waals surface area contributed by atoms with Crippen LogP contribution < -0.4 is 10.6 Å². The summed E-state index contributed by atoms with van der Waals surface area (Å²) >= 11 is 0. The van der Waals surface area contributed by atoms with Gasteiger partial charge in [-0.25, -0.2) is 4.79 Å². The molecule has 34 heavy (non-hydrogen) atoms. The first-order chi connectivity index (χ1) is 15.9. The number of benzene rings is 1. The molecule has 0 radical (unpaired) electrons. The summed E-state index contributed by atoms with van der Waals surface area (Å²) in [7, 11) is 1.16. The lowest BCUT2D eigenvalue weighted by molar-refractivity contribution is -0.150. The molecule has 0 aromatic heterocycles. The van der Waals surface area contributed by atoms with Crippen LogP contribution in [0.4, 0.5) is 0 Å². The second kappa shape index (κ2) is 13.8. The minimum Gasteiger partial charge on any atom is -0.460 e. The van der Waals surface area contributed by atoms with Crippen LogP contribution in [0.5, 0.6) is 0 Å². The van der Waals surface area contributed by atoms with E-state index >= 15 is 0 Å². The maximum Gasteiger partial charge on any atom is 0.338 e. The van der Waals surface area contributed by atoms with Crippen molar-refractivity contribution in [2.45, 2.75) is 58.2 Å². The van der Waals surface area contributed by atoms with Crippen molar-refractivity contribution in [2.75, 3.05) is 20.3 Å². The highest BCUT2D eigenvalue weighted by Crippen LogP contribution is 2.17. The third-order valence-corrected chi connectivity index (χ3v) is 4.71. The number of hydrogen-bond donors (Lipinski definition) is 5. The summed E-state index contributed by atoms with van der Waals surface area (Å²) in [5.41, 5.74) is 0.131. The van der Waals surface area contributed by atoms with Crippen LogP contribution in [0.2, 0.25) is 0 Å². The van der Waals surface area contributed by atoms with Gasteiger partial charge < -0.3 is 35.4 Å². The number of rotatable bonds is 12. The van der Waals surface area contributed by atoms with Gasteiger partial charge in [-0.15, -0.1) is 0 Å². The minimum atomic E-state index is -1.75. The highest BCUT2D eigenvalue weighted by atomic mass is 16.5. The van der Waals surface area contributed by atoms with Crippen molar-refractivity contribution < 1.29 is 39.2 Å². The Hall–Kier alpha value is -2.79. The van der Waals surface area contributed by atoms with Gasteiger partial charge >= 0.3 is 5.97 Å². The number of allylic oxidation sites excluding steroid dienone is 1. The van der Waals surface area contributed by atoms with E-state index < -0.39 is 48.2 Å². The highest BCUT2D eigenvalue weighted by Gasteiger charge is 2.36. The van der Waals surface area contributed by atoms with E-state index in [0.717, 1.165) is 7.11 Å². The summed E-state index contributed by atoms with van der Waals surface area (Å²) in [6.45, 7) is 7.06. The van der Waals surface area contributed by atoms with Crippen molar-refractivity contribution in [3.8, 4) is 0 Å². The smallest absolute Gasteiger partial charge is 0.338 e. The monoisotopic (exact) mass is 480 g/mol. The standard InChI is InChI=1S/C24H36N2O8/c1-15(21(30)25-13-14-34-23(32)16-9-7-6-8-10-16)26-22(31)20(33-5)19(29)18(28)17(27)11-12-24(2,3)4/h6-12,15,17-20,27-29H,13-14H2,1-5H3,(H,25,30)(H,26,31)/t15-,17+,18-,19+,20+/m0/s1. The number of methoxy groups -OCH3 is 1. The number of hydrogen-bond acceptors (Lipinski definition) is 8. The Labute approximate surface area is 200 Å². The van der Waals surface area contributed by atoms with E-state index in [1.165, 1.54) is 13.0 Å². The Morgan fingerprint density at radius 2 is 1.65 bits per heavy atom. The lowest BCUT2D eigenvalue weighted by Crippen LogP contribution is -2.55. The zero-order valence-electron chi connectivity index (χ0n) is 20.2. The summed E-state index contributed by atoms with van der Waals surface area (Å²) in [6, 6.07) is 7.38. The molecule has 0 unspecified atom stereocenters. The van der Waals surface area contributed by atoms with Gasteiger partial charge in [0.05, 0.1) is 12.1 Å². The van der Waals surface area contributed by atoms with E-state index in [2.05, 4.69) is 10.6 Å². The zero-order chi connectivity index (χ0) is 25.9. The van der Waals surface area contributed by atoms with E-state index in [9.17, 15) is 29.7 Å². The number of ether oxygens (including phenoxy) is 2. The number of amides is 2. The fourth-order valence-electron chi connectivity index (χ4n) is 2.77. The number of aliphatic hydroxyl groups excluding tert-OH is 3. The van der Waals surface area contributed by atoms with Crippen LogP contribution in [0.3, 0.4) is 0 Å². The topological polar surface area (TPSA) is 154 Å². The van der Waals surface area contributed by atoms with Crippen LogP contribution in [0.25, 0.3) is 0 Å². The highest BCUT2D eigenvalue weighted by molar-refractivity contribution is 5.90. The van der Waals surface area contributed by atoms with Crippen LogP contribution in [0, 0.1) is 5.41 Å². The first-order valence-electron chi connectivity index (χ1n) is 10.9. The van der Waals surface area contributed by atoms with Gasteiger partial charge in [0.15, 0.2) is 6.10 Å². The first kappa shape index (κ1) is 29.2. The molecule has 0 saturated carbocycles. The molecule has 5 atom stereocenters. The predicted octanol–water partition coefficient (Wildman–Crippen LogP) is 0.164. The largest absolute Gasteiger partial charge is 0.460 e. The van der Waals surface area contributed by atoms with Crippen LogP contribution in [0.15, 0.2) is 42.5 Å². The summed E-state index contributed by atoms with van der Waals surface area (Å²) in [5, 5.41) is 35.6. The Bertz CT molecular complexity index is 822. The van der Waals surface area contributed by atoms with Gasteiger partial charge in [0.1, 0.15) is 31.0 Å². The Balaban J connectivity index is 2.52. The third kappa shape index (κ3) is 10.0. The van der Waals surface area contributed by atoms with E-state index in [1.807, 2.05) is 20.8 Å². The molecule has 190 valence electrons. The van der Waals surface area contributed by atoms with E-state index in [-0.39, 0.29) is 18.6 Å². The molecule has 2 amide bonds. The zero-order valence-corrected chi connectivity index (χ0v) is 20.2. The number of carbonyl (C=O) groups excluding carboxylic acids is 3. The van der Waals surface area contributed by atoms with Crippen LogP contribution in [-0.2, 0) is 19.1 Å². The van der Waals surface area contributed by atoms with Crippen molar-refractivity contribution in [1.82, 2.24) is 10.6 Å². The third-order valence-electron chi connectivity index (χ3n) is 4.71. The van der Waals surface area contributed by atoms with Crippen molar-refractivity contribution in [3.63, 3.8) is 0 Å². The summed E-state index contributed by atoms with van der Waals surface area (Å²) < 4.78 is 10.1. The fraction of sp³-hybridized carbons (Fsp3) is 0.542. The molecule has 5 N–H and O–H groups in total. The molecule has 1 rings (SSSR count). The van der Waals surface area contributed by atoms with Gasteiger partial charge in [-0.1, -0.05) is 51.1 Å². The molecule has 0 saturated heterocycles. The average Bonchev–Trinajstić information content (AvgIpc) is 2.79. The van der Waals surface area contributed by atoms with Crippen molar-refractivity contribution in [3.05, 3.63) is 48.0 Å². The molecule has 1 aromatic carbocycles. The molecule has 0 aliphatic carbocycles. The van der Waals surface area contributed by atoms with Gasteiger partial charge in [-0.2, -0.15) is 0 Å². The molecule has 10 nitrogen and oxygen atoms in total. The van der Waals surface area contributed by atoms with Crippen molar-refractivity contribution in [2.24, 2.45) is 5.41 Å². The summed E-state index contributed by atoms with van der Waals surface area (Å²) in [4.78, 5) is 36.6. The Morgan fingerprint density at radius 1 is 1.03 bits per heavy atom. The van der Waals surface area contributed by atoms with Crippen molar-refractivity contribution >= 4 is 17.8 Å². The maximum atomic E-state index is 12.5. The molecule has 0 bridgehead atoms. The normalized spacial score (nSPS) is 16.2. The van der Waals surface area contributed by atoms with Crippen LogP contribution in [-0.4, -0.2) is 83.8 Å². The second-order valence-electron chi connectivity index (χ2n) is 8.88. The lowest BCUT2D eigenvalue weighted by Gasteiger charge is -2.28. The molecule has 0 aliphatic heterocycles. The Morgan fingerprint density at radius 3 is 2.21 bits per heavy atom. The maximum absolute atomic E-state index is 12.5. The number of aliphatic hydroxyl groups is 3. The quantitative estimate of drug-likeness (QED) is 0.161. The molecular formula is C24H36N2O8. The first-order valence-corrected chi connectivity index (χ1v) is 10.9.